The van der Waals surface area contributed by atoms with Crippen molar-refractivity contribution in [2.45, 2.75) is 6.92 Å². The highest BCUT2D eigenvalue weighted by Gasteiger charge is 2.12. The second-order valence-corrected chi connectivity index (χ2v) is 5.45. The molecule has 0 radical (unpaired) electrons. The Morgan fingerprint density at radius 1 is 1.10 bits per heavy atom. The van der Waals surface area contributed by atoms with Crippen LogP contribution >= 0.6 is 34.8 Å². The molecule has 104 valence electrons. The van der Waals surface area contributed by atoms with E-state index in [1.54, 1.807) is 18.2 Å². The molecule has 2 N–H and O–H groups in total. The first-order valence-corrected chi connectivity index (χ1v) is 6.77. The number of phenolic OH excluding ortho intramolecular Hbond substituents is 1. The standard InChI is InChI=1S/C14H10Cl3NO2/c1-7-2-3-8(15)4-10(7)14(20)18-9-5-11(16)13(19)12(17)6-9/h2-6,19H,1H3,(H,18,20). The van der Waals surface area contributed by atoms with E-state index >= 15 is 0 Å². The summed E-state index contributed by atoms with van der Waals surface area (Å²) < 4.78 is 0. The second kappa shape index (κ2) is 5.92. The third-order valence-corrected chi connectivity index (χ3v) is 3.53. The van der Waals surface area contributed by atoms with Crippen LogP contribution in [-0.2, 0) is 0 Å². The highest BCUT2D eigenvalue weighted by atomic mass is 35.5. The number of aromatic hydroxyl groups is 1. The fourth-order valence-electron chi connectivity index (χ4n) is 1.67. The molecule has 0 aliphatic rings. The van der Waals surface area contributed by atoms with Gasteiger partial charge in [0.1, 0.15) is 0 Å². The van der Waals surface area contributed by atoms with E-state index in [2.05, 4.69) is 5.32 Å². The van der Waals surface area contributed by atoms with E-state index in [0.29, 0.717) is 16.3 Å². The van der Waals surface area contributed by atoms with E-state index in [-0.39, 0.29) is 21.7 Å². The summed E-state index contributed by atoms with van der Waals surface area (Å²) in [5, 5.41) is 12.7. The van der Waals surface area contributed by atoms with Crippen LogP contribution in [0.25, 0.3) is 0 Å². The molecule has 3 nitrogen and oxygen atoms in total. The van der Waals surface area contributed by atoms with Crippen LogP contribution < -0.4 is 5.32 Å². The number of carbonyl (C=O) groups excluding carboxylic acids is 1. The Kier molecular flexibility index (Phi) is 4.43. The number of hydrogen-bond acceptors (Lipinski definition) is 2. The molecule has 1 amide bonds. The van der Waals surface area contributed by atoms with Crippen LogP contribution in [0, 0.1) is 6.92 Å². The smallest absolute Gasteiger partial charge is 0.255 e. The van der Waals surface area contributed by atoms with Crippen LogP contribution in [0.3, 0.4) is 0 Å². The SMILES string of the molecule is Cc1ccc(Cl)cc1C(=O)Nc1cc(Cl)c(O)c(Cl)c1. The van der Waals surface area contributed by atoms with Gasteiger partial charge >= 0.3 is 0 Å². The van der Waals surface area contributed by atoms with Crippen molar-refractivity contribution in [1.29, 1.82) is 0 Å². The molecule has 0 aliphatic heterocycles. The lowest BCUT2D eigenvalue weighted by Crippen LogP contribution is -2.13. The summed E-state index contributed by atoms with van der Waals surface area (Å²) in [5.41, 5.74) is 1.64. The van der Waals surface area contributed by atoms with Crippen molar-refractivity contribution >= 4 is 46.4 Å². The summed E-state index contributed by atoms with van der Waals surface area (Å²) in [7, 11) is 0. The average molecular weight is 331 g/mol. The van der Waals surface area contributed by atoms with Gasteiger partial charge < -0.3 is 10.4 Å². The molecule has 0 saturated carbocycles. The third kappa shape index (κ3) is 3.18. The molecule has 0 aliphatic carbocycles. The zero-order valence-corrected chi connectivity index (χ0v) is 12.6. The van der Waals surface area contributed by atoms with Gasteiger partial charge in [0.05, 0.1) is 10.0 Å². The maximum atomic E-state index is 12.2. The van der Waals surface area contributed by atoms with E-state index < -0.39 is 0 Å². The second-order valence-electron chi connectivity index (χ2n) is 4.20. The van der Waals surface area contributed by atoms with Crippen molar-refractivity contribution in [3.05, 3.63) is 56.5 Å². The van der Waals surface area contributed by atoms with Gasteiger partial charge in [0.25, 0.3) is 5.91 Å². The van der Waals surface area contributed by atoms with Crippen molar-refractivity contribution in [2.75, 3.05) is 5.32 Å². The fourth-order valence-corrected chi connectivity index (χ4v) is 2.33. The molecular weight excluding hydrogens is 321 g/mol. The number of benzene rings is 2. The minimum atomic E-state index is -0.331. The summed E-state index contributed by atoms with van der Waals surface area (Å²) in [6.45, 7) is 1.81. The van der Waals surface area contributed by atoms with Gasteiger partial charge in [-0.15, -0.1) is 0 Å². The molecule has 0 aromatic heterocycles. The summed E-state index contributed by atoms with van der Waals surface area (Å²) in [6.07, 6.45) is 0. The average Bonchev–Trinajstić information content (AvgIpc) is 2.38. The number of hydrogen-bond donors (Lipinski definition) is 2. The van der Waals surface area contributed by atoms with Gasteiger partial charge in [-0.2, -0.15) is 0 Å². The van der Waals surface area contributed by atoms with Crippen LogP contribution in [0.4, 0.5) is 5.69 Å². The Labute approximate surface area is 131 Å². The molecule has 0 fully saturated rings. The number of carbonyl (C=O) groups is 1. The quantitative estimate of drug-likeness (QED) is 0.768. The molecule has 0 heterocycles. The van der Waals surface area contributed by atoms with Gasteiger partial charge in [0, 0.05) is 16.3 Å². The summed E-state index contributed by atoms with van der Waals surface area (Å²) in [4.78, 5) is 12.2. The number of amides is 1. The van der Waals surface area contributed by atoms with Crippen LogP contribution in [0.1, 0.15) is 15.9 Å². The summed E-state index contributed by atoms with van der Waals surface area (Å²) in [5.74, 6) is -0.548. The van der Waals surface area contributed by atoms with Crippen LogP contribution in [0.5, 0.6) is 5.75 Å². The first-order valence-electron chi connectivity index (χ1n) is 5.64. The van der Waals surface area contributed by atoms with Crippen molar-refractivity contribution in [3.8, 4) is 5.75 Å². The normalized spacial score (nSPS) is 10.4. The first-order chi connectivity index (χ1) is 9.38. The van der Waals surface area contributed by atoms with Crippen LogP contribution in [0.15, 0.2) is 30.3 Å². The minimum Gasteiger partial charge on any atom is -0.505 e. The topological polar surface area (TPSA) is 49.3 Å². The van der Waals surface area contributed by atoms with Gasteiger partial charge in [-0.3, -0.25) is 4.79 Å². The van der Waals surface area contributed by atoms with E-state index in [4.69, 9.17) is 34.8 Å². The Morgan fingerprint density at radius 2 is 1.70 bits per heavy atom. The lowest BCUT2D eigenvalue weighted by molar-refractivity contribution is 0.102. The summed E-state index contributed by atoms with van der Waals surface area (Å²) >= 11 is 17.5. The minimum absolute atomic E-state index is 0.0654. The predicted molar refractivity (Wildman–Crippen MR) is 82.3 cm³/mol. The Morgan fingerprint density at radius 3 is 2.30 bits per heavy atom. The first kappa shape index (κ1) is 15.0. The number of phenols is 1. The molecule has 0 atom stereocenters. The maximum absolute atomic E-state index is 12.2. The monoisotopic (exact) mass is 329 g/mol. The third-order valence-electron chi connectivity index (χ3n) is 2.72. The fraction of sp³-hybridized carbons (Fsp3) is 0.0714. The highest BCUT2D eigenvalue weighted by molar-refractivity contribution is 6.37. The van der Waals surface area contributed by atoms with E-state index in [1.807, 2.05) is 6.92 Å². The number of aryl methyl sites for hydroxylation is 1. The Balaban J connectivity index is 2.30. The van der Waals surface area contributed by atoms with E-state index in [9.17, 15) is 9.90 Å². The van der Waals surface area contributed by atoms with E-state index in [1.165, 1.54) is 12.1 Å². The molecule has 2 rings (SSSR count). The number of anilines is 1. The van der Waals surface area contributed by atoms with Gasteiger partial charge in [0.2, 0.25) is 0 Å². The Hall–Kier alpha value is -1.42. The van der Waals surface area contributed by atoms with E-state index in [0.717, 1.165) is 5.56 Å². The van der Waals surface area contributed by atoms with Crippen LogP contribution in [-0.4, -0.2) is 11.0 Å². The van der Waals surface area contributed by atoms with Gasteiger partial charge in [-0.25, -0.2) is 0 Å². The summed E-state index contributed by atoms with van der Waals surface area (Å²) in [6, 6.07) is 7.88. The molecule has 0 unspecified atom stereocenters. The number of rotatable bonds is 2. The molecule has 2 aromatic carbocycles. The highest BCUT2D eigenvalue weighted by Crippen LogP contribution is 2.34. The zero-order chi connectivity index (χ0) is 14.9. The molecule has 6 heteroatoms. The van der Waals surface area contributed by atoms with Gasteiger partial charge in [-0.1, -0.05) is 40.9 Å². The lowest BCUT2D eigenvalue weighted by Gasteiger charge is -2.10. The maximum Gasteiger partial charge on any atom is 0.255 e. The van der Waals surface area contributed by atoms with Crippen LogP contribution in [0.2, 0.25) is 15.1 Å². The van der Waals surface area contributed by atoms with Crippen molar-refractivity contribution in [1.82, 2.24) is 0 Å². The molecule has 0 spiro atoms. The predicted octanol–water partition coefficient (Wildman–Crippen LogP) is 4.91. The molecule has 2 aromatic rings. The number of halogens is 3. The molecule has 20 heavy (non-hydrogen) atoms. The van der Waals surface area contributed by atoms with Crippen molar-refractivity contribution in [2.24, 2.45) is 0 Å². The number of nitrogens with one attached hydrogen (secondary N) is 1. The largest absolute Gasteiger partial charge is 0.505 e. The Bertz CT molecular complexity index is 663. The van der Waals surface area contributed by atoms with Crippen molar-refractivity contribution < 1.29 is 9.90 Å². The molecule has 0 saturated heterocycles. The molecular formula is C14H10Cl3NO2. The zero-order valence-electron chi connectivity index (χ0n) is 10.4. The van der Waals surface area contributed by atoms with Gasteiger partial charge in [0.15, 0.2) is 5.75 Å². The molecule has 0 bridgehead atoms. The van der Waals surface area contributed by atoms with Gasteiger partial charge in [-0.05, 0) is 36.8 Å². The van der Waals surface area contributed by atoms with Crippen molar-refractivity contribution in [3.63, 3.8) is 0 Å². The lowest BCUT2D eigenvalue weighted by atomic mass is 10.1.